The Labute approximate surface area is 153 Å². The van der Waals surface area contributed by atoms with Crippen molar-refractivity contribution < 1.29 is 14.3 Å². The van der Waals surface area contributed by atoms with Gasteiger partial charge in [-0.1, -0.05) is 30.3 Å². The Kier molecular flexibility index (Phi) is 3.63. The molecule has 3 heteroatoms. The van der Waals surface area contributed by atoms with Crippen LogP contribution in [0, 0.1) is 17.8 Å². The molecule has 2 fully saturated rings. The summed E-state index contributed by atoms with van der Waals surface area (Å²) < 4.78 is 11.2. The van der Waals surface area contributed by atoms with Crippen LogP contribution in [0.4, 0.5) is 0 Å². The molecule has 2 bridgehead atoms. The third kappa shape index (κ3) is 2.30. The average Bonchev–Trinajstić information content (AvgIpc) is 3.30. The minimum atomic E-state index is -0.163. The number of benzene rings is 2. The first-order chi connectivity index (χ1) is 12.8. The zero-order valence-corrected chi connectivity index (χ0v) is 14.9. The lowest BCUT2D eigenvalue weighted by Gasteiger charge is -2.37. The first kappa shape index (κ1) is 15.7. The topological polar surface area (TPSA) is 35.5 Å². The molecule has 0 N–H and O–H groups in total. The molecule has 3 nitrogen and oxygen atoms in total. The lowest BCUT2D eigenvalue weighted by molar-refractivity contribution is -0.141. The van der Waals surface area contributed by atoms with E-state index in [0.29, 0.717) is 11.8 Å². The summed E-state index contributed by atoms with van der Waals surface area (Å²) in [6.07, 6.45) is 3.64. The fourth-order valence-corrected chi connectivity index (χ4v) is 5.28. The fraction of sp³-hybridized carbons (Fsp3) is 0.348. The zero-order valence-electron chi connectivity index (χ0n) is 14.9. The Morgan fingerprint density at radius 2 is 1.77 bits per heavy atom. The molecule has 0 aromatic heterocycles. The van der Waals surface area contributed by atoms with Crippen LogP contribution in [0.2, 0.25) is 0 Å². The molecule has 132 valence electrons. The Balaban J connectivity index is 1.62. The normalized spacial score (nSPS) is 29.5. The second-order valence-corrected chi connectivity index (χ2v) is 7.62. The third-order valence-electron chi connectivity index (χ3n) is 6.37. The van der Waals surface area contributed by atoms with Crippen LogP contribution in [-0.4, -0.2) is 13.1 Å². The maximum absolute atomic E-state index is 13.0. The monoisotopic (exact) mass is 346 g/mol. The molecule has 26 heavy (non-hydrogen) atoms. The Bertz CT molecular complexity index is 866. The van der Waals surface area contributed by atoms with E-state index >= 15 is 0 Å². The number of fused-ring (bicyclic) bond motifs is 5. The van der Waals surface area contributed by atoms with Crippen molar-refractivity contribution in [2.75, 3.05) is 7.11 Å². The summed E-state index contributed by atoms with van der Waals surface area (Å²) in [6.45, 7) is 0. The maximum atomic E-state index is 13.0. The number of esters is 1. The van der Waals surface area contributed by atoms with Gasteiger partial charge in [-0.05, 0) is 66.5 Å². The lowest BCUT2D eigenvalue weighted by atomic mass is 9.71. The molecule has 1 aliphatic heterocycles. The number of rotatable bonds is 3. The predicted octanol–water partition coefficient (Wildman–Crippen LogP) is 4.79. The number of hydrogen-bond donors (Lipinski definition) is 0. The van der Waals surface area contributed by atoms with Gasteiger partial charge in [0.25, 0.3) is 0 Å². The molecule has 0 amide bonds. The van der Waals surface area contributed by atoms with E-state index in [1.807, 2.05) is 42.5 Å². The van der Waals surface area contributed by atoms with Gasteiger partial charge in [0, 0.05) is 11.5 Å². The van der Waals surface area contributed by atoms with E-state index < -0.39 is 0 Å². The van der Waals surface area contributed by atoms with Crippen LogP contribution in [0.15, 0.2) is 60.2 Å². The molecule has 2 aromatic rings. The molecule has 0 saturated heterocycles. The van der Waals surface area contributed by atoms with Crippen molar-refractivity contribution in [3.63, 3.8) is 0 Å². The van der Waals surface area contributed by atoms with Crippen molar-refractivity contribution in [3.8, 4) is 5.75 Å². The first-order valence-electron chi connectivity index (χ1n) is 9.41. The summed E-state index contributed by atoms with van der Waals surface area (Å²) in [5.41, 5.74) is 3.44. The predicted molar refractivity (Wildman–Crippen MR) is 99.5 cm³/mol. The van der Waals surface area contributed by atoms with E-state index in [2.05, 4.69) is 12.1 Å². The minimum Gasteiger partial charge on any atom is -0.497 e. The SMILES string of the molecule is COc1ccc(C2=C3C4CCC(C4)C3C(c3ccccc3)C(=O)O2)cc1. The van der Waals surface area contributed by atoms with E-state index in [0.717, 1.165) is 22.6 Å². The Morgan fingerprint density at radius 3 is 2.50 bits per heavy atom. The van der Waals surface area contributed by atoms with Crippen LogP contribution in [0.5, 0.6) is 5.75 Å². The van der Waals surface area contributed by atoms with E-state index in [9.17, 15) is 4.79 Å². The Hall–Kier alpha value is -2.55. The van der Waals surface area contributed by atoms with Gasteiger partial charge in [0.2, 0.25) is 0 Å². The van der Waals surface area contributed by atoms with Gasteiger partial charge in [0.05, 0.1) is 13.0 Å². The summed E-state index contributed by atoms with van der Waals surface area (Å²) in [6, 6.07) is 18.0. The highest BCUT2D eigenvalue weighted by molar-refractivity contribution is 5.89. The molecule has 1 heterocycles. The highest BCUT2D eigenvalue weighted by Gasteiger charge is 2.54. The number of cyclic esters (lactones) is 1. The van der Waals surface area contributed by atoms with Crippen molar-refractivity contribution in [3.05, 3.63) is 71.3 Å². The second kappa shape index (κ2) is 6.01. The number of carbonyl (C=O) groups excluding carboxylic acids is 1. The summed E-state index contributed by atoms with van der Waals surface area (Å²) >= 11 is 0. The highest BCUT2D eigenvalue weighted by Crippen LogP contribution is 2.60. The van der Waals surface area contributed by atoms with Gasteiger partial charge in [0.15, 0.2) is 0 Å². The van der Waals surface area contributed by atoms with Gasteiger partial charge in [-0.15, -0.1) is 0 Å². The number of methoxy groups -OCH3 is 1. The molecule has 0 spiro atoms. The summed E-state index contributed by atoms with van der Waals surface area (Å²) in [5.74, 6) is 2.79. The van der Waals surface area contributed by atoms with Crippen molar-refractivity contribution in [2.45, 2.75) is 25.2 Å². The van der Waals surface area contributed by atoms with Gasteiger partial charge in [-0.25, -0.2) is 0 Å². The minimum absolute atomic E-state index is 0.108. The quantitative estimate of drug-likeness (QED) is 0.750. The Morgan fingerprint density at radius 1 is 1.00 bits per heavy atom. The lowest BCUT2D eigenvalue weighted by Crippen LogP contribution is -2.34. The van der Waals surface area contributed by atoms with Crippen molar-refractivity contribution in [2.24, 2.45) is 17.8 Å². The molecule has 2 saturated carbocycles. The maximum Gasteiger partial charge on any atom is 0.319 e. The van der Waals surface area contributed by atoms with Crippen LogP contribution >= 0.6 is 0 Å². The van der Waals surface area contributed by atoms with Gasteiger partial charge in [-0.3, -0.25) is 4.79 Å². The number of ether oxygens (including phenoxy) is 2. The van der Waals surface area contributed by atoms with Gasteiger partial charge in [0.1, 0.15) is 11.5 Å². The van der Waals surface area contributed by atoms with E-state index in [-0.39, 0.29) is 17.8 Å². The molecule has 0 radical (unpaired) electrons. The zero-order chi connectivity index (χ0) is 17.7. The van der Waals surface area contributed by atoms with E-state index in [4.69, 9.17) is 9.47 Å². The molecule has 4 unspecified atom stereocenters. The number of hydrogen-bond acceptors (Lipinski definition) is 3. The third-order valence-corrected chi connectivity index (χ3v) is 6.37. The van der Waals surface area contributed by atoms with Crippen molar-refractivity contribution >= 4 is 11.7 Å². The van der Waals surface area contributed by atoms with Crippen LogP contribution in [0.3, 0.4) is 0 Å². The molecule has 5 rings (SSSR count). The molecular formula is C23H22O3. The van der Waals surface area contributed by atoms with Crippen molar-refractivity contribution in [1.29, 1.82) is 0 Å². The van der Waals surface area contributed by atoms with Gasteiger partial charge in [-0.2, -0.15) is 0 Å². The van der Waals surface area contributed by atoms with Crippen molar-refractivity contribution in [1.82, 2.24) is 0 Å². The summed E-state index contributed by atoms with van der Waals surface area (Å²) in [5, 5.41) is 0. The van der Waals surface area contributed by atoms with Crippen LogP contribution in [-0.2, 0) is 9.53 Å². The summed E-state index contributed by atoms with van der Waals surface area (Å²) in [4.78, 5) is 13.0. The van der Waals surface area contributed by atoms with Crippen LogP contribution < -0.4 is 4.74 Å². The van der Waals surface area contributed by atoms with Gasteiger partial charge < -0.3 is 9.47 Å². The first-order valence-corrected chi connectivity index (χ1v) is 9.41. The van der Waals surface area contributed by atoms with E-state index in [1.165, 1.54) is 24.8 Å². The smallest absolute Gasteiger partial charge is 0.319 e. The second-order valence-electron chi connectivity index (χ2n) is 7.62. The number of carbonyl (C=O) groups is 1. The molecule has 3 aliphatic rings. The average molecular weight is 346 g/mol. The van der Waals surface area contributed by atoms with Crippen LogP contribution in [0.25, 0.3) is 5.76 Å². The van der Waals surface area contributed by atoms with Gasteiger partial charge >= 0.3 is 5.97 Å². The highest BCUT2D eigenvalue weighted by atomic mass is 16.5. The standard InChI is InChI=1S/C23H22O3/c1-25-18-11-9-15(10-12-18)22-20-17-8-7-16(13-17)19(20)21(23(24)26-22)14-5-3-2-4-6-14/h2-6,9-12,16-17,19,21H,7-8,13H2,1H3. The molecule has 2 aromatic carbocycles. The molecule has 2 aliphatic carbocycles. The molecule has 4 atom stereocenters. The van der Waals surface area contributed by atoms with Crippen LogP contribution in [0.1, 0.15) is 36.3 Å². The summed E-state index contributed by atoms with van der Waals surface area (Å²) in [7, 11) is 1.66. The largest absolute Gasteiger partial charge is 0.497 e. The molecular weight excluding hydrogens is 324 g/mol. The van der Waals surface area contributed by atoms with E-state index in [1.54, 1.807) is 7.11 Å². The number of allylic oxidation sites excluding steroid dienone is 1. The fourth-order valence-electron chi connectivity index (χ4n) is 5.28.